The quantitative estimate of drug-likeness (QED) is 0.801. The molecule has 0 spiro atoms. The molecule has 2 heterocycles. The number of aryl methyl sites for hydroxylation is 1. The van der Waals surface area contributed by atoms with Crippen molar-refractivity contribution < 1.29 is 9.59 Å². The van der Waals surface area contributed by atoms with E-state index in [1.807, 2.05) is 24.0 Å². The minimum atomic E-state index is -0.308. The standard InChI is InChI=1S/C23H30N4O2/c1-4-26(5-2)19-9-10-20(17(3)15-19)25-22(28)21-16-18(11-12-24-21)23(29)27-13-7-6-8-14-27/h9-12,15-16H,4-8,13-14H2,1-3H3,(H,25,28). The van der Waals surface area contributed by atoms with Crippen LogP contribution in [0.4, 0.5) is 11.4 Å². The molecule has 3 rings (SSSR count). The Bertz CT molecular complexity index is 871. The Morgan fingerprint density at radius 3 is 2.45 bits per heavy atom. The summed E-state index contributed by atoms with van der Waals surface area (Å²) in [5.74, 6) is -0.335. The Balaban J connectivity index is 1.73. The second-order valence-corrected chi connectivity index (χ2v) is 7.41. The predicted octanol–water partition coefficient (Wildman–Crippen LogP) is 4.11. The summed E-state index contributed by atoms with van der Waals surface area (Å²) in [5.41, 5.74) is 3.64. The van der Waals surface area contributed by atoms with E-state index in [4.69, 9.17) is 0 Å². The normalized spacial score (nSPS) is 13.8. The van der Waals surface area contributed by atoms with Gasteiger partial charge in [-0.05, 0) is 75.9 Å². The van der Waals surface area contributed by atoms with Crippen LogP contribution >= 0.6 is 0 Å². The molecule has 1 N–H and O–H groups in total. The molecule has 1 saturated heterocycles. The van der Waals surface area contributed by atoms with Gasteiger partial charge >= 0.3 is 0 Å². The first-order valence-electron chi connectivity index (χ1n) is 10.5. The average molecular weight is 395 g/mol. The van der Waals surface area contributed by atoms with Gasteiger partial charge in [0.1, 0.15) is 5.69 Å². The van der Waals surface area contributed by atoms with E-state index >= 15 is 0 Å². The van der Waals surface area contributed by atoms with Crippen LogP contribution in [0, 0.1) is 6.92 Å². The largest absolute Gasteiger partial charge is 0.372 e. The molecule has 154 valence electrons. The van der Waals surface area contributed by atoms with Gasteiger partial charge in [-0.2, -0.15) is 0 Å². The van der Waals surface area contributed by atoms with Gasteiger partial charge in [-0.15, -0.1) is 0 Å². The van der Waals surface area contributed by atoms with Crippen molar-refractivity contribution in [3.05, 3.63) is 53.3 Å². The summed E-state index contributed by atoms with van der Waals surface area (Å²) in [5, 5.41) is 2.93. The van der Waals surface area contributed by atoms with Crippen LogP contribution in [0.5, 0.6) is 0 Å². The van der Waals surface area contributed by atoms with Crippen LogP contribution in [0.2, 0.25) is 0 Å². The summed E-state index contributed by atoms with van der Waals surface area (Å²) in [6.45, 7) is 9.65. The molecule has 1 aliphatic heterocycles. The number of nitrogens with zero attached hydrogens (tertiary/aromatic N) is 3. The predicted molar refractivity (Wildman–Crippen MR) is 117 cm³/mol. The number of hydrogen-bond acceptors (Lipinski definition) is 4. The van der Waals surface area contributed by atoms with Crippen molar-refractivity contribution in [2.24, 2.45) is 0 Å². The molecule has 29 heavy (non-hydrogen) atoms. The van der Waals surface area contributed by atoms with Crippen LogP contribution < -0.4 is 10.2 Å². The molecule has 6 nitrogen and oxygen atoms in total. The number of piperidine rings is 1. The molecule has 2 aromatic rings. The molecule has 1 aromatic carbocycles. The van der Waals surface area contributed by atoms with Gasteiger partial charge in [-0.25, -0.2) is 0 Å². The molecule has 0 aliphatic carbocycles. The number of likely N-dealkylation sites (tertiary alicyclic amines) is 1. The van der Waals surface area contributed by atoms with Crippen LogP contribution in [-0.2, 0) is 0 Å². The Morgan fingerprint density at radius 1 is 1.07 bits per heavy atom. The highest BCUT2D eigenvalue weighted by Gasteiger charge is 2.20. The molecule has 1 aliphatic rings. The van der Waals surface area contributed by atoms with E-state index in [1.54, 1.807) is 12.1 Å². The number of benzene rings is 1. The number of rotatable bonds is 6. The minimum absolute atomic E-state index is 0.0269. The van der Waals surface area contributed by atoms with E-state index in [0.29, 0.717) is 5.56 Å². The summed E-state index contributed by atoms with van der Waals surface area (Å²) in [4.78, 5) is 33.7. The lowest BCUT2D eigenvalue weighted by Crippen LogP contribution is -2.35. The van der Waals surface area contributed by atoms with E-state index in [-0.39, 0.29) is 17.5 Å². The second-order valence-electron chi connectivity index (χ2n) is 7.41. The third kappa shape index (κ3) is 4.94. The van der Waals surface area contributed by atoms with Crippen molar-refractivity contribution in [2.45, 2.75) is 40.0 Å². The summed E-state index contributed by atoms with van der Waals surface area (Å²) < 4.78 is 0. The van der Waals surface area contributed by atoms with Crippen molar-refractivity contribution in [3.63, 3.8) is 0 Å². The molecule has 0 bridgehead atoms. The molecule has 0 saturated carbocycles. The Morgan fingerprint density at radius 2 is 1.79 bits per heavy atom. The van der Waals surface area contributed by atoms with Gasteiger partial charge in [-0.1, -0.05) is 0 Å². The van der Waals surface area contributed by atoms with E-state index < -0.39 is 0 Å². The number of aromatic nitrogens is 1. The molecule has 1 fully saturated rings. The lowest BCUT2D eigenvalue weighted by atomic mass is 10.1. The average Bonchev–Trinajstić information content (AvgIpc) is 2.76. The molecule has 1 aromatic heterocycles. The Kier molecular flexibility index (Phi) is 6.86. The van der Waals surface area contributed by atoms with Crippen LogP contribution in [0.1, 0.15) is 59.5 Å². The van der Waals surface area contributed by atoms with Crippen molar-refractivity contribution in [1.29, 1.82) is 0 Å². The van der Waals surface area contributed by atoms with Crippen molar-refractivity contribution in [3.8, 4) is 0 Å². The number of carbonyl (C=O) groups excluding carboxylic acids is 2. The molecule has 0 radical (unpaired) electrons. The summed E-state index contributed by atoms with van der Waals surface area (Å²) in [6.07, 6.45) is 4.77. The van der Waals surface area contributed by atoms with Gasteiger partial charge in [0.25, 0.3) is 11.8 Å². The lowest BCUT2D eigenvalue weighted by Gasteiger charge is -2.26. The highest BCUT2D eigenvalue weighted by Crippen LogP contribution is 2.23. The molecular formula is C23H30N4O2. The van der Waals surface area contributed by atoms with Crippen molar-refractivity contribution >= 4 is 23.2 Å². The third-order valence-electron chi connectivity index (χ3n) is 5.47. The maximum absolute atomic E-state index is 12.7. The number of amides is 2. The first-order chi connectivity index (χ1) is 14.0. The Labute approximate surface area is 172 Å². The number of hydrogen-bond donors (Lipinski definition) is 1. The fourth-order valence-electron chi connectivity index (χ4n) is 3.73. The maximum atomic E-state index is 12.7. The van der Waals surface area contributed by atoms with Gasteiger partial charge in [0, 0.05) is 49.3 Å². The molecular weight excluding hydrogens is 364 g/mol. The summed E-state index contributed by atoms with van der Waals surface area (Å²) in [7, 11) is 0. The number of carbonyl (C=O) groups is 2. The highest BCUT2D eigenvalue weighted by atomic mass is 16.2. The van der Waals surface area contributed by atoms with Crippen molar-refractivity contribution in [2.75, 3.05) is 36.4 Å². The number of anilines is 2. The van der Waals surface area contributed by atoms with Gasteiger partial charge in [-0.3, -0.25) is 14.6 Å². The first-order valence-corrected chi connectivity index (χ1v) is 10.5. The number of pyridine rings is 1. The van der Waals surface area contributed by atoms with Crippen LogP contribution in [0.3, 0.4) is 0 Å². The molecule has 2 amide bonds. The SMILES string of the molecule is CCN(CC)c1ccc(NC(=O)c2cc(C(=O)N3CCCCC3)ccn2)c(C)c1. The highest BCUT2D eigenvalue weighted by molar-refractivity contribution is 6.05. The monoisotopic (exact) mass is 394 g/mol. The van der Waals surface area contributed by atoms with Gasteiger partial charge in [0.05, 0.1) is 0 Å². The fraction of sp³-hybridized carbons (Fsp3) is 0.435. The van der Waals surface area contributed by atoms with Crippen LogP contribution in [0.15, 0.2) is 36.5 Å². The molecule has 0 atom stereocenters. The molecule has 6 heteroatoms. The second kappa shape index (κ2) is 9.54. The fourth-order valence-corrected chi connectivity index (χ4v) is 3.73. The van der Waals surface area contributed by atoms with Crippen LogP contribution in [-0.4, -0.2) is 47.9 Å². The van der Waals surface area contributed by atoms with Gasteiger partial charge < -0.3 is 15.1 Å². The molecule has 0 unspecified atom stereocenters. The van der Waals surface area contributed by atoms with Gasteiger partial charge in [0.2, 0.25) is 0 Å². The van der Waals surface area contributed by atoms with Crippen LogP contribution in [0.25, 0.3) is 0 Å². The van der Waals surface area contributed by atoms with E-state index in [1.165, 1.54) is 12.6 Å². The smallest absolute Gasteiger partial charge is 0.274 e. The zero-order valence-corrected chi connectivity index (χ0v) is 17.6. The minimum Gasteiger partial charge on any atom is -0.372 e. The summed E-state index contributed by atoms with van der Waals surface area (Å²) >= 11 is 0. The first kappa shape index (κ1) is 20.8. The number of nitrogens with one attached hydrogen (secondary N) is 1. The zero-order chi connectivity index (χ0) is 20.8. The summed E-state index contributed by atoms with van der Waals surface area (Å²) in [6, 6.07) is 9.28. The third-order valence-corrected chi connectivity index (χ3v) is 5.47. The van der Waals surface area contributed by atoms with Crippen molar-refractivity contribution in [1.82, 2.24) is 9.88 Å². The van der Waals surface area contributed by atoms with E-state index in [2.05, 4.69) is 35.1 Å². The zero-order valence-electron chi connectivity index (χ0n) is 17.6. The maximum Gasteiger partial charge on any atom is 0.274 e. The van der Waals surface area contributed by atoms with E-state index in [9.17, 15) is 9.59 Å². The van der Waals surface area contributed by atoms with E-state index in [0.717, 1.165) is 56.0 Å². The Hall–Kier alpha value is -2.89. The lowest BCUT2D eigenvalue weighted by molar-refractivity contribution is 0.0724. The van der Waals surface area contributed by atoms with Gasteiger partial charge in [0.15, 0.2) is 0 Å². The topological polar surface area (TPSA) is 65.5 Å².